The zero-order valence-corrected chi connectivity index (χ0v) is 15.1. The van der Waals surface area contributed by atoms with Gasteiger partial charge in [-0.3, -0.25) is 4.31 Å². The maximum absolute atomic E-state index is 14.3. The molecule has 0 heterocycles. The number of alkyl halides is 3. The van der Waals surface area contributed by atoms with E-state index >= 15 is 0 Å². The summed E-state index contributed by atoms with van der Waals surface area (Å²) >= 11 is 0. The average Bonchev–Trinajstić information content (AvgIpc) is 2.58. The number of anilines is 1. The Balaban J connectivity index is 2.44. The van der Waals surface area contributed by atoms with Gasteiger partial charge in [0.1, 0.15) is 5.82 Å². The fraction of sp³-hybridized carbons (Fsp3) is 0.235. The molecule has 0 fully saturated rings. The molecule has 0 aromatic heterocycles. The van der Waals surface area contributed by atoms with Crippen LogP contribution in [0, 0.1) is 5.82 Å². The van der Waals surface area contributed by atoms with Crippen molar-refractivity contribution < 1.29 is 35.5 Å². The number of nitrogens with zero attached hydrogens (tertiary/aromatic N) is 1. The molecule has 0 saturated heterocycles. The maximum Gasteiger partial charge on any atom is 0.416 e. The molecule has 0 spiro atoms. The van der Waals surface area contributed by atoms with Crippen LogP contribution in [0.2, 0.25) is 0 Å². The van der Waals surface area contributed by atoms with Gasteiger partial charge in [0.15, 0.2) is 0 Å². The average molecular weight is 405 g/mol. The molecule has 2 rings (SSSR count). The van der Waals surface area contributed by atoms with Gasteiger partial charge in [0, 0.05) is 5.56 Å². The minimum Gasteiger partial charge on any atom is -0.465 e. The molecule has 5 nitrogen and oxygen atoms in total. The molecule has 0 aliphatic carbocycles. The second-order valence-corrected chi connectivity index (χ2v) is 7.52. The quantitative estimate of drug-likeness (QED) is 0.563. The van der Waals surface area contributed by atoms with Crippen LogP contribution in [0.15, 0.2) is 42.5 Å². The number of methoxy groups -OCH3 is 1. The normalized spacial score (nSPS) is 11.9. The first kappa shape index (κ1) is 20.7. The number of carbonyl (C=O) groups is 1. The van der Waals surface area contributed by atoms with Crippen molar-refractivity contribution in [3.05, 3.63) is 65.0 Å². The Morgan fingerprint density at radius 2 is 1.81 bits per heavy atom. The monoisotopic (exact) mass is 405 g/mol. The van der Waals surface area contributed by atoms with E-state index in [0.29, 0.717) is 10.4 Å². The van der Waals surface area contributed by atoms with Crippen molar-refractivity contribution in [3.8, 4) is 0 Å². The van der Waals surface area contributed by atoms with Gasteiger partial charge < -0.3 is 4.74 Å². The second-order valence-electron chi connectivity index (χ2n) is 5.62. The van der Waals surface area contributed by atoms with Gasteiger partial charge in [0.2, 0.25) is 10.0 Å². The number of carbonyl (C=O) groups excluding carboxylic acids is 1. The Kier molecular flexibility index (Phi) is 5.79. The van der Waals surface area contributed by atoms with E-state index in [1.807, 2.05) is 0 Å². The van der Waals surface area contributed by atoms with Crippen LogP contribution in [-0.2, 0) is 27.5 Å². The zero-order chi connectivity index (χ0) is 20.4. The van der Waals surface area contributed by atoms with Crippen molar-refractivity contribution in [2.24, 2.45) is 0 Å². The van der Waals surface area contributed by atoms with Gasteiger partial charge in [-0.25, -0.2) is 17.6 Å². The van der Waals surface area contributed by atoms with E-state index in [1.165, 1.54) is 18.2 Å². The lowest BCUT2D eigenvalue weighted by Gasteiger charge is -2.23. The summed E-state index contributed by atoms with van der Waals surface area (Å²) in [6.07, 6.45) is -3.86. The SMILES string of the molecule is COC(=O)c1ccc(CN(c2cccc(C(F)(F)F)c2)S(C)(=O)=O)c(F)c1. The molecule has 10 heteroatoms. The lowest BCUT2D eigenvalue weighted by atomic mass is 10.1. The first-order valence-electron chi connectivity index (χ1n) is 7.45. The van der Waals surface area contributed by atoms with Crippen molar-refractivity contribution in [2.45, 2.75) is 12.7 Å². The summed E-state index contributed by atoms with van der Waals surface area (Å²) in [6, 6.07) is 6.99. The largest absolute Gasteiger partial charge is 0.465 e. The predicted octanol–water partition coefficient (Wildman–Crippen LogP) is 3.60. The number of sulfonamides is 1. The van der Waals surface area contributed by atoms with Crippen molar-refractivity contribution in [3.63, 3.8) is 0 Å². The second kappa shape index (κ2) is 7.55. The molecule has 0 amide bonds. The van der Waals surface area contributed by atoms with Crippen molar-refractivity contribution >= 4 is 21.7 Å². The summed E-state index contributed by atoms with van der Waals surface area (Å²) in [5.74, 6) is -1.67. The smallest absolute Gasteiger partial charge is 0.416 e. The van der Waals surface area contributed by atoms with E-state index in [1.54, 1.807) is 0 Å². The van der Waals surface area contributed by atoms with Crippen LogP contribution in [0.5, 0.6) is 0 Å². The van der Waals surface area contributed by atoms with E-state index in [9.17, 15) is 30.8 Å². The van der Waals surface area contributed by atoms with Gasteiger partial charge in [-0.05, 0) is 30.3 Å². The maximum atomic E-state index is 14.3. The molecule has 2 aromatic rings. The van der Waals surface area contributed by atoms with Crippen molar-refractivity contribution in [1.29, 1.82) is 0 Å². The Morgan fingerprint density at radius 1 is 1.15 bits per heavy atom. The lowest BCUT2D eigenvalue weighted by Crippen LogP contribution is -2.30. The molecule has 0 atom stereocenters. The van der Waals surface area contributed by atoms with E-state index < -0.39 is 40.1 Å². The molecule has 0 aliphatic rings. The molecule has 27 heavy (non-hydrogen) atoms. The molecule has 0 bridgehead atoms. The van der Waals surface area contributed by atoms with Crippen LogP contribution >= 0.6 is 0 Å². The zero-order valence-electron chi connectivity index (χ0n) is 14.2. The molecular weight excluding hydrogens is 390 g/mol. The van der Waals surface area contributed by atoms with E-state index in [4.69, 9.17) is 0 Å². The number of hydrogen-bond donors (Lipinski definition) is 0. The molecule has 0 radical (unpaired) electrons. The predicted molar refractivity (Wildman–Crippen MR) is 90.2 cm³/mol. The van der Waals surface area contributed by atoms with Gasteiger partial charge in [-0.2, -0.15) is 13.2 Å². The molecule has 2 aromatic carbocycles. The number of esters is 1. The fourth-order valence-corrected chi connectivity index (χ4v) is 3.18. The van der Waals surface area contributed by atoms with Gasteiger partial charge >= 0.3 is 12.1 Å². The molecular formula is C17H15F4NO4S. The van der Waals surface area contributed by atoms with Crippen LogP contribution in [0.25, 0.3) is 0 Å². The van der Waals surface area contributed by atoms with Gasteiger partial charge in [-0.1, -0.05) is 12.1 Å². The summed E-state index contributed by atoms with van der Waals surface area (Å²) in [4.78, 5) is 11.4. The van der Waals surface area contributed by atoms with Crippen LogP contribution in [0.4, 0.5) is 23.2 Å². The van der Waals surface area contributed by atoms with Gasteiger partial charge in [0.05, 0.1) is 36.7 Å². The summed E-state index contributed by atoms with van der Waals surface area (Å²) in [7, 11) is -2.90. The Labute approximate surface area is 153 Å². The summed E-state index contributed by atoms with van der Waals surface area (Å²) in [6.45, 7) is -0.548. The minimum absolute atomic E-state index is 0.0799. The first-order chi connectivity index (χ1) is 12.4. The highest BCUT2D eigenvalue weighted by Gasteiger charge is 2.31. The van der Waals surface area contributed by atoms with E-state index in [0.717, 1.165) is 31.6 Å². The van der Waals surface area contributed by atoms with E-state index in [-0.39, 0.29) is 16.8 Å². The molecule has 0 unspecified atom stereocenters. The molecule has 146 valence electrons. The topological polar surface area (TPSA) is 63.7 Å². The summed E-state index contributed by atoms with van der Waals surface area (Å²) in [5.41, 5.74) is -1.49. The summed E-state index contributed by atoms with van der Waals surface area (Å²) < 4.78 is 82.2. The van der Waals surface area contributed by atoms with Gasteiger partial charge in [0.25, 0.3) is 0 Å². The highest BCUT2D eigenvalue weighted by atomic mass is 32.2. The third-order valence-electron chi connectivity index (χ3n) is 3.65. The van der Waals surface area contributed by atoms with Crippen LogP contribution < -0.4 is 4.31 Å². The van der Waals surface area contributed by atoms with Crippen molar-refractivity contribution in [2.75, 3.05) is 17.7 Å². The Bertz CT molecular complexity index is 958. The standard InChI is InChI=1S/C17H15F4NO4S/c1-26-16(23)11-6-7-12(15(18)8-11)10-22(27(2,24)25)14-5-3-4-13(9-14)17(19,20)21/h3-9H,10H2,1-2H3. The number of rotatable bonds is 5. The van der Waals surface area contributed by atoms with Gasteiger partial charge in [-0.15, -0.1) is 0 Å². The third-order valence-corrected chi connectivity index (χ3v) is 4.79. The molecule has 0 saturated carbocycles. The molecule has 0 aliphatic heterocycles. The fourth-order valence-electron chi connectivity index (χ4n) is 2.31. The van der Waals surface area contributed by atoms with Crippen molar-refractivity contribution in [1.82, 2.24) is 0 Å². The molecule has 0 N–H and O–H groups in total. The first-order valence-corrected chi connectivity index (χ1v) is 9.30. The Hall–Kier alpha value is -2.62. The summed E-state index contributed by atoms with van der Waals surface area (Å²) in [5, 5.41) is 0. The van der Waals surface area contributed by atoms with Crippen LogP contribution in [0.1, 0.15) is 21.5 Å². The highest BCUT2D eigenvalue weighted by Crippen LogP contribution is 2.32. The number of hydrogen-bond acceptors (Lipinski definition) is 4. The Morgan fingerprint density at radius 3 is 2.33 bits per heavy atom. The van der Waals surface area contributed by atoms with Crippen LogP contribution in [0.3, 0.4) is 0 Å². The number of halogens is 4. The van der Waals surface area contributed by atoms with Crippen LogP contribution in [-0.4, -0.2) is 27.8 Å². The number of ether oxygens (including phenoxy) is 1. The minimum atomic E-state index is -4.66. The number of benzene rings is 2. The lowest BCUT2D eigenvalue weighted by molar-refractivity contribution is -0.137. The third kappa shape index (κ3) is 4.97. The van der Waals surface area contributed by atoms with E-state index in [2.05, 4.69) is 4.74 Å². The highest BCUT2D eigenvalue weighted by molar-refractivity contribution is 7.92.